The zero-order valence-corrected chi connectivity index (χ0v) is 19.3. The summed E-state index contributed by atoms with van der Waals surface area (Å²) in [5.74, 6) is 0.648. The summed E-state index contributed by atoms with van der Waals surface area (Å²) in [7, 11) is 3.32. The highest BCUT2D eigenvalue weighted by atomic mass is 127. The molecule has 1 aromatic rings. The van der Waals surface area contributed by atoms with Crippen molar-refractivity contribution in [3.05, 3.63) is 35.4 Å². The molecule has 0 radical (unpaired) electrons. The fraction of sp³-hybridized carbons (Fsp3) is 0.650. The minimum absolute atomic E-state index is 0. The summed E-state index contributed by atoms with van der Waals surface area (Å²) in [6, 6.07) is 5.70. The Morgan fingerprint density at radius 2 is 1.93 bits per heavy atom. The number of guanidine groups is 1. The Kier molecular flexibility index (Phi) is 11.3. The van der Waals surface area contributed by atoms with Crippen LogP contribution < -0.4 is 10.6 Å². The summed E-state index contributed by atoms with van der Waals surface area (Å²) < 4.78 is 49.5. The molecule has 1 aliphatic rings. The fourth-order valence-corrected chi connectivity index (χ4v) is 3.30. The summed E-state index contributed by atoms with van der Waals surface area (Å²) in [5.41, 5.74) is -0.127. The van der Waals surface area contributed by atoms with Crippen molar-refractivity contribution in [2.75, 3.05) is 47.1 Å². The van der Waals surface area contributed by atoms with Crippen molar-refractivity contribution in [1.82, 2.24) is 10.6 Å². The molecule has 5 nitrogen and oxygen atoms in total. The lowest BCUT2D eigenvalue weighted by Gasteiger charge is -2.43. The van der Waals surface area contributed by atoms with Gasteiger partial charge < -0.3 is 20.1 Å². The van der Waals surface area contributed by atoms with Crippen LogP contribution in [0.25, 0.3) is 0 Å². The molecule has 1 aromatic carbocycles. The first-order chi connectivity index (χ1) is 13.4. The van der Waals surface area contributed by atoms with Gasteiger partial charge in [0.25, 0.3) is 0 Å². The van der Waals surface area contributed by atoms with Crippen LogP contribution >= 0.6 is 24.0 Å². The van der Waals surface area contributed by atoms with E-state index in [9.17, 15) is 13.2 Å². The molecule has 29 heavy (non-hydrogen) atoms. The van der Waals surface area contributed by atoms with Crippen LogP contribution in [0, 0.1) is 0 Å². The van der Waals surface area contributed by atoms with E-state index in [0.29, 0.717) is 38.9 Å². The average molecular weight is 529 g/mol. The molecular formula is C20H31F3IN3O2. The Balaban J connectivity index is 0.00000420. The molecular weight excluding hydrogens is 498 g/mol. The van der Waals surface area contributed by atoms with Gasteiger partial charge in [-0.15, -0.1) is 24.0 Å². The lowest BCUT2D eigenvalue weighted by Crippen LogP contribution is -2.49. The Morgan fingerprint density at radius 3 is 2.52 bits per heavy atom. The van der Waals surface area contributed by atoms with Crippen molar-refractivity contribution in [1.29, 1.82) is 0 Å². The third-order valence-electron chi connectivity index (χ3n) is 5.12. The van der Waals surface area contributed by atoms with Gasteiger partial charge in [0.05, 0.1) is 18.8 Å². The van der Waals surface area contributed by atoms with Gasteiger partial charge in [-0.05, 0) is 30.9 Å². The summed E-state index contributed by atoms with van der Waals surface area (Å²) in [4.78, 5) is 4.20. The summed E-state index contributed by atoms with van der Waals surface area (Å²) >= 11 is 0. The Hall–Kier alpha value is -1.07. The molecule has 2 N–H and O–H groups in total. The SMILES string of the molecule is CN=C(NCCCOCCOC)NCC1(c2cccc(C(F)(F)F)c2)CCC1.I. The van der Waals surface area contributed by atoms with Crippen molar-refractivity contribution in [3.8, 4) is 0 Å². The second kappa shape index (κ2) is 12.6. The van der Waals surface area contributed by atoms with Gasteiger partial charge in [0, 0.05) is 39.3 Å². The van der Waals surface area contributed by atoms with Crippen molar-refractivity contribution in [2.45, 2.75) is 37.3 Å². The standard InChI is InChI=1S/C20H30F3N3O2.HI/c1-24-18(25-10-5-11-28-13-12-27-2)26-15-19(8-4-9-19)16-6-3-7-17(14-16)20(21,22)23;/h3,6-7,14H,4-5,8-13,15H2,1-2H3,(H2,24,25,26);1H. The van der Waals surface area contributed by atoms with Gasteiger partial charge in [0.15, 0.2) is 5.96 Å². The molecule has 1 saturated carbocycles. The van der Waals surface area contributed by atoms with Gasteiger partial charge in [-0.1, -0.05) is 24.6 Å². The van der Waals surface area contributed by atoms with Crippen LogP contribution in [-0.4, -0.2) is 53.0 Å². The number of rotatable bonds is 10. The van der Waals surface area contributed by atoms with Crippen molar-refractivity contribution in [2.24, 2.45) is 4.99 Å². The van der Waals surface area contributed by atoms with E-state index in [1.807, 2.05) is 0 Å². The van der Waals surface area contributed by atoms with E-state index < -0.39 is 11.7 Å². The fourth-order valence-electron chi connectivity index (χ4n) is 3.30. The largest absolute Gasteiger partial charge is 0.416 e. The molecule has 0 atom stereocenters. The Labute approximate surface area is 187 Å². The highest BCUT2D eigenvalue weighted by molar-refractivity contribution is 14.0. The number of methoxy groups -OCH3 is 1. The second-order valence-corrected chi connectivity index (χ2v) is 7.02. The first kappa shape index (κ1) is 26.0. The molecule has 9 heteroatoms. The van der Waals surface area contributed by atoms with Crippen LogP contribution in [0.1, 0.15) is 36.8 Å². The first-order valence-electron chi connectivity index (χ1n) is 9.60. The van der Waals surface area contributed by atoms with Crippen LogP contribution in [-0.2, 0) is 21.1 Å². The number of hydrogen-bond donors (Lipinski definition) is 2. The zero-order valence-electron chi connectivity index (χ0n) is 17.0. The molecule has 1 fully saturated rings. The van der Waals surface area contributed by atoms with E-state index in [0.717, 1.165) is 37.3 Å². The van der Waals surface area contributed by atoms with E-state index in [-0.39, 0.29) is 29.4 Å². The summed E-state index contributed by atoms with van der Waals surface area (Å²) in [6.45, 7) is 3.03. The molecule has 0 aliphatic heterocycles. The predicted molar refractivity (Wildman–Crippen MR) is 119 cm³/mol. The smallest absolute Gasteiger partial charge is 0.382 e. The number of nitrogens with zero attached hydrogens (tertiary/aromatic N) is 1. The Morgan fingerprint density at radius 1 is 1.17 bits per heavy atom. The topological polar surface area (TPSA) is 54.9 Å². The maximum Gasteiger partial charge on any atom is 0.416 e. The minimum Gasteiger partial charge on any atom is -0.382 e. The quantitative estimate of drug-likeness (QED) is 0.209. The second-order valence-electron chi connectivity index (χ2n) is 7.02. The van der Waals surface area contributed by atoms with E-state index in [2.05, 4.69) is 15.6 Å². The van der Waals surface area contributed by atoms with E-state index in [4.69, 9.17) is 9.47 Å². The molecule has 2 rings (SSSR count). The molecule has 0 saturated heterocycles. The Bertz CT molecular complexity index is 638. The molecule has 0 heterocycles. The lowest BCUT2D eigenvalue weighted by molar-refractivity contribution is -0.137. The minimum atomic E-state index is -4.32. The lowest BCUT2D eigenvalue weighted by atomic mass is 9.64. The maximum absolute atomic E-state index is 13.1. The van der Waals surface area contributed by atoms with Gasteiger partial charge in [-0.2, -0.15) is 13.2 Å². The highest BCUT2D eigenvalue weighted by Gasteiger charge is 2.40. The monoisotopic (exact) mass is 529 g/mol. The predicted octanol–water partition coefficient (Wildman–Crippen LogP) is 3.96. The molecule has 0 spiro atoms. The molecule has 166 valence electrons. The number of nitrogens with one attached hydrogen (secondary N) is 2. The molecule has 0 aromatic heterocycles. The van der Waals surface area contributed by atoms with Crippen LogP contribution in [0.2, 0.25) is 0 Å². The molecule has 0 unspecified atom stereocenters. The number of halogens is 4. The van der Waals surface area contributed by atoms with E-state index in [1.165, 1.54) is 12.1 Å². The maximum atomic E-state index is 13.1. The van der Waals surface area contributed by atoms with Gasteiger partial charge >= 0.3 is 6.18 Å². The van der Waals surface area contributed by atoms with Crippen LogP contribution in [0.5, 0.6) is 0 Å². The molecule has 0 amide bonds. The summed E-state index contributed by atoms with van der Waals surface area (Å²) in [5, 5.41) is 6.49. The number of aliphatic imine (C=N–C) groups is 1. The number of alkyl halides is 3. The van der Waals surface area contributed by atoms with Crippen LogP contribution in [0.15, 0.2) is 29.3 Å². The number of ether oxygens (including phenoxy) is 2. The summed E-state index contributed by atoms with van der Waals surface area (Å²) in [6.07, 6.45) is -0.749. The van der Waals surface area contributed by atoms with E-state index in [1.54, 1.807) is 20.2 Å². The number of hydrogen-bond acceptors (Lipinski definition) is 3. The van der Waals surface area contributed by atoms with Crippen LogP contribution in [0.3, 0.4) is 0 Å². The van der Waals surface area contributed by atoms with Gasteiger partial charge in [0.1, 0.15) is 0 Å². The number of benzene rings is 1. The normalized spacial score (nSPS) is 16.0. The zero-order chi connectivity index (χ0) is 20.5. The van der Waals surface area contributed by atoms with Gasteiger partial charge in [-0.3, -0.25) is 4.99 Å². The third-order valence-corrected chi connectivity index (χ3v) is 5.12. The van der Waals surface area contributed by atoms with Gasteiger partial charge in [0.2, 0.25) is 0 Å². The van der Waals surface area contributed by atoms with E-state index >= 15 is 0 Å². The highest BCUT2D eigenvalue weighted by Crippen LogP contribution is 2.44. The first-order valence-corrected chi connectivity index (χ1v) is 9.60. The average Bonchev–Trinajstić information content (AvgIpc) is 2.64. The third kappa shape index (κ3) is 7.93. The van der Waals surface area contributed by atoms with Crippen LogP contribution in [0.4, 0.5) is 13.2 Å². The van der Waals surface area contributed by atoms with Crippen molar-refractivity contribution in [3.63, 3.8) is 0 Å². The van der Waals surface area contributed by atoms with Crippen molar-refractivity contribution >= 4 is 29.9 Å². The van der Waals surface area contributed by atoms with Crippen molar-refractivity contribution < 1.29 is 22.6 Å². The van der Waals surface area contributed by atoms with Gasteiger partial charge in [-0.25, -0.2) is 0 Å². The molecule has 1 aliphatic carbocycles. The molecule has 0 bridgehead atoms.